The molecule has 0 aromatic rings. The Labute approximate surface area is 134 Å². The standard InChI is InChI=1S/C17H33N3O2/c1-15(18)5-6-16(21)19-13-17(7-3-2-4-8-17)14-20-9-11-22-12-10-20/h15H,2-14,18H2,1H3,(H,19,21). The van der Waals surface area contributed by atoms with Gasteiger partial charge >= 0.3 is 0 Å². The highest BCUT2D eigenvalue weighted by molar-refractivity contribution is 5.75. The van der Waals surface area contributed by atoms with E-state index in [4.69, 9.17) is 10.5 Å². The summed E-state index contributed by atoms with van der Waals surface area (Å²) in [5.74, 6) is 0.157. The van der Waals surface area contributed by atoms with Crippen molar-refractivity contribution in [1.29, 1.82) is 0 Å². The first-order valence-corrected chi connectivity index (χ1v) is 8.92. The topological polar surface area (TPSA) is 67.6 Å². The largest absolute Gasteiger partial charge is 0.379 e. The fourth-order valence-electron chi connectivity index (χ4n) is 3.66. The van der Waals surface area contributed by atoms with Gasteiger partial charge < -0.3 is 15.8 Å². The zero-order valence-electron chi connectivity index (χ0n) is 14.1. The molecule has 2 aliphatic rings. The average Bonchev–Trinajstić information content (AvgIpc) is 2.53. The Morgan fingerprint density at radius 1 is 1.27 bits per heavy atom. The van der Waals surface area contributed by atoms with Crippen LogP contribution in [0, 0.1) is 5.41 Å². The zero-order valence-corrected chi connectivity index (χ0v) is 14.1. The minimum absolute atomic E-state index is 0.0998. The molecule has 5 heteroatoms. The van der Waals surface area contributed by atoms with Gasteiger partial charge in [-0.15, -0.1) is 0 Å². The van der Waals surface area contributed by atoms with E-state index in [1.165, 1.54) is 32.1 Å². The summed E-state index contributed by atoms with van der Waals surface area (Å²) in [5.41, 5.74) is 5.99. The van der Waals surface area contributed by atoms with Gasteiger partial charge in [-0.2, -0.15) is 0 Å². The second kappa shape index (κ2) is 8.85. The molecule has 1 aliphatic heterocycles. The third kappa shape index (κ3) is 5.86. The lowest BCUT2D eigenvalue weighted by atomic mass is 9.73. The second-order valence-corrected chi connectivity index (χ2v) is 7.24. The van der Waals surface area contributed by atoms with Gasteiger partial charge in [0.25, 0.3) is 0 Å². The number of rotatable bonds is 7. The number of hydrogen-bond donors (Lipinski definition) is 2. The third-order valence-corrected chi connectivity index (χ3v) is 5.06. The second-order valence-electron chi connectivity index (χ2n) is 7.24. The monoisotopic (exact) mass is 311 g/mol. The van der Waals surface area contributed by atoms with Crippen molar-refractivity contribution in [3.63, 3.8) is 0 Å². The summed E-state index contributed by atoms with van der Waals surface area (Å²) in [7, 11) is 0. The van der Waals surface area contributed by atoms with Crippen molar-refractivity contribution >= 4 is 5.91 Å². The van der Waals surface area contributed by atoms with E-state index in [9.17, 15) is 4.79 Å². The lowest BCUT2D eigenvalue weighted by Crippen LogP contribution is -2.49. The number of nitrogens with zero attached hydrogens (tertiary/aromatic N) is 1. The molecule has 1 unspecified atom stereocenters. The van der Waals surface area contributed by atoms with E-state index in [-0.39, 0.29) is 17.4 Å². The van der Waals surface area contributed by atoms with Gasteiger partial charge in [-0.05, 0) is 26.2 Å². The van der Waals surface area contributed by atoms with Gasteiger partial charge in [0.05, 0.1) is 13.2 Å². The van der Waals surface area contributed by atoms with E-state index < -0.39 is 0 Å². The third-order valence-electron chi connectivity index (χ3n) is 5.06. The van der Waals surface area contributed by atoms with Gasteiger partial charge in [-0.1, -0.05) is 19.3 Å². The fraction of sp³-hybridized carbons (Fsp3) is 0.941. The zero-order chi connectivity index (χ0) is 15.8. The molecular formula is C17H33N3O2. The molecule has 3 N–H and O–H groups in total. The first-order chi connectivity index (χ1) is 10.6. The van der Waals surface area contributed by atoms with Crippen LogP contribution in [0.25, 0.3) is 0 Å². The van der Waals surface area contributed by atoms with Gasteiger partial charge in [0.15, 0.2) is 0 Å². The SMILES string of the molecule is CC(N)CCC(=O)NCC1(CN2CCOCC2)CCCCC1. The molecule has 2 fully saturated rings. The van der Waals surface area contributed by atoms with Gasteiger partial charge in [-0.3, -0.25) is 9.69 Å². The maximum atomic E-state index is 12.0. The highest BCUT2D eigenvalue weighted by Crippen LogP contribution is 2.36. The molecule has 22 heavy (non-hydrogen) atoms. The number of hydrogen-bond acceptors (Lipinski definition) is 4. The van der Waals surface area contributed by atoms with Gasteiger partial charge in [0, 0.05) is 44.1 Å². The molecule has 1 saturated carbocycles. The summed E-state index contributed by atoms with van der Waals surface area (Å²) in [6.07, 6.45) is 7.70. The predicted octanol–water partition coefficient (Wildman–Crippen LogP) is 1.51. The lowest BCUT2D eigenvalue weighted by molar-refractivity contribution is -0.122. The molecule has 0 radical (unpaired) electrons. The van der Waals surface area contributed by atoms with Crippen LogP contribution >= 0.6 is 0 Å². The number of morpholine rings is 1. The van der Waals surface area contributed by atoms with Crippen LogP contribution in [0.1, 0.15) is 51.9 Å². The Bertz CT molecular complexity index is 335. The predicted molar refractivity (Wildman–Crippen MR) is 88.7 cm³/mol. The Morgan fingerprint density at radius 3 is 2.59 bits per heavy atom. The quantitative estimate of drug-likeness (QED) is 0.748. The Morgan fingerprint density at radius 2 is 1.95 bits per heavy atom. The smallest absolute Gasteiger partial charge is 0.220 e. The fourth-order valence-corrected chi connectivity index (χ4v) is 3.66. The van der Waals surface area contributed by atoms with Crippen LogP contribution in [0.2, 0.25) is 0 Å². The lowest BCUT2D eigenvalue weighted by Gasteiger charge is -2.42. The van der Waals surface area contributed by atoms with Crippen molar-refractivity contribution in [1.82, 2.24) is 10.2 Å². The summed E-state index contributed by atoms with van der Waals surface area (Å²) in [5, 5.41) is 3.19. The van der Waals surface area contributed by atoms with Gasteiger partial charge in [-0.25, -0.2) is 0 Å². The summed E-state index contributed by atoms with van der Waals surface area (Å²) in [6.45, 7) is 7.62. The highest BCUT2D eigenvalue weighted by Gasteiger charge is 2.34. The van der Waals surface area contributed by atoms with Crippen LogP contribution < -0.4 is 11.1 Å². The number of ether oxygens (including phenoxy) is 1. The molecule has 1 saturated heterocycles. The summed E-state index contributed by atoms with van der Waals surface area (Å²) in [4.78, 5) is 14.5. The maximum Gasteiger partial charge on any atom is 0.220 e. The summed E-state index contributed by atoms with van der Waals surface area (Å²) in [6, 6.07) is 0.0998. The molecule has 128 valence electrons. The van der Waals surface area contributed by atoms with Crippen LogP contribution in [-0.2, 0) is 9.53 Å². The Kier molecular flexibility index (Phi) is 7.12. The van der Waals surface area contributed by atoms with Crippen LogP contribution in [0.5, 0.6) is 0 Å². The van der Waals surface area contributed by atoms with E-state index in [0.717, 1.165) is 45.8 Å². The molecular weight excluding hydrogens is 278 g/mol. The molecule has 1 amide bonds. The molecule has 0 aromatic heterocycles. The summed E-state index contributed by atoms with van der Waals surface area (Å²) >= 11 is 0. The molecule has 1 atom stereocenters. The van der Waals surface area contributed by atoms with Gasteiger partial charge in [0.2, 0.25) is 5.91 Å². The minimum Gasteiger partial charge on any atom is -0.379 e. The highest BCUT2D eigenvalue weighted by atomic mass is 16.5. The van der Waals surface area contributed by atoms with Crippen molar-refractivity contribution in [3.8, 4) is 0 Å². The Balaban J connectivity index is 1.83. The number of nitrogens with two attached hydrogens (primary N) is 1. The number of carbonyl (C=O) groups is 1. The molecule has 5 nitrogen and oxygen atoms in total. The minimum atomic E-state index is 0.0998. The van der Waals surface area contributed by atoms with Crippen LogP contribution in [0.4, 0.5) is 0 Å². The number of nitrogens with one attached hydrogen (secondary N) is 1. The van der Waals surface area contributed by atoms with Crippen LogP contribution in [0.3, 0.4) is 0 Å². The Hall–Kier alpha value is -0.650. The molecule has 0 aromatic carbocycles. The van der Waals surface area contributed by atoms with Crippen molar-refractivity contribution in [2.45, 2.75) is 57.9 Å². The van der Waals surface area contributed by atoms with Crippen molar-refractivity contribution in [2.24, 2.45) is 11.1 Å². The van der Waals surface area contributed by atoms with E-state index >= 15 is 0 Å². The molecule has 1 aliphatic carbocycles. The molecule has 0 spiro atoms. The number of carbonyl (C=O) groups excluding carboxylic acids is 1. The van der Waals surface area contributed by atoms with Crippen molar-refractivity contribution < 1.29 is 9.53 Å². The number of amides is 1. The summed E-state index contributed by atoms with van der Waals surface area (Å²) < 4.78 is 5.45. The van der Waals surface area contributed by atoms with Gasteiger partial charge in [0.1, 0.15) is 0 Å². The van der Waals surface area contributed by atoms with E-state index in [2.05, 4.69) is 10.2 Å². The van der Waals surface area contributed by atoms with E-state index in [1.54, 1.807) is 0 Å². The maximum absolute atomic E-state index is 12.0. The molecule has 2 rings (SSSR count). The van der Waals surface area contributed by atoms with Crippen LogP contribution in [0.15, 0.2) is 0 Å². The molecule has 1 heterocycles. The average molecular weight is 311 g/mol. The van der Waals surface area contributed by atoms with Crippen molar-refractivity contribution in [3.05, 3.63) is 0 Å². The first kappa shape index (κ1) is 17.7. The first-order valence-electron chi connectivity index (χ1n) is 8.92. The normalized spacial score (nSPS) is 23.9. The van der Waals surface area contributed by atoms with Crippen LogP contribution in [-0.4, -0.2) is 56.2 Å². The van der Waals surface area contributed by atoms with E-state index in [0.29, 0.717) is 6.42 Å². The van der Waals surface area contributed by atoms with Crippen molar-refractivity contribution in [2.75, 3.05) is 39.4 Å². The van der Waals surface area contributed by atoms with E-state index in [1.807, 2.05) is 6.92 Å². The molecule has 0 bridgehead atoms.